The summed E-state index contributed by atoms with van der Waals surface area (Å²) < 4.78 is 19.4. The maximum absolute atomic E-state index is 14.0. The van der Waals surface area contributed by atoms with Gasteiger partial charge in [0.25, 0.3) is 11.8 Å². The van der Waals surface area contributed by atoms with E-state index in [9.17, 15) is 14.0 Å². The quantitative estimate of drug-likeness (QED) is 0.803. The first-order valence-electron chi connectivity index (χ1n) is 7.58. The molecule has 1 unspecified atom stereocenters. The predicted molar refractivity (Wildman–Crippen MR) is 79.2 cm³/mol. The number of ether oxygens (including phenoxy) is 1. The summed E-state index contributed by atoms with van der Waals surface area (Å²) in [6.45, 7) is 0.640. The van der Waals surface area contributed by atoms with E-state index < -0.39 is 0 Å². The standard InChI is InChI=1S/C17H18FNO3/c18-12(11-13-5-3-4-10-22-13)8-9-19-16(20)14-6-1-2-7-15(14)17(19)21/h1-2,6-8,13H,3-5,9-11H2/b12-8+. The van der Waals surface area contributed by atoms with Crippen LogP contribution in [0.4, 0.5) is 4.39 Å². The van der Waals surface area contributed by atoms with Crippen molar-refractivity contribution < 1.29 is 18.7 Å². The molecule has 1 atom stereocenters. The molecule has 0 aliphatic carbocycles. The third-order valence-electron chi connectivity index (χ3n) is 4.07. The number of fused-ring (bicyclic) bond motifs is 1. The van der Waals surface area contributed by atoms with Gasteiger partial charge in [0.2, 0.25) is 0 Å². The maximum atomic E-state index is 14.0. The fourth-order valence-corrected chi connectivity index (χ4v) is 2.86. The molecule has 0 aromatic heterocycles. The smallest absolute Gasteiger partial charge is 0.261 e. The number of benzene rings is 1. The van der Waals surface area contributed by atoms with Gasteiger partial charge in [-0.15, -0.1) is 0 Å². The second kappa shape index (κ2) is 6.40. The average Bonchev–Trinajstić information content (AvgIpc) is 2.78. The van der Waals surface area contributed by atoms with Crippen molar-refractivity contribution in [3.05, 3.63) is 47.3 Å². The van der Waals surface area contributed by atoms with Crippen molar-refractivity contribution in [1.82, 2.24) is 4.90 Å². The summed E-state index contributed by atoms with van der Waals surface area (Å²) in [4.78, 5) is 25.4. The molecule has 4 nitrogen and oxygen atoms in total. The molecule has 1 fully saturated rings. The molecule has 1 aromatic carbocycles. The fourth-order valence-electron chi connectivity index (χ4n) is 2.86. The van der Waals surface area contributed by atoms with E-state index in [0.717, 1.165) is 24.2 Å². The van der Waals surface area contributed by atoms with E-state index in [0.29, 0.717) is 17.7 Å². The molecule has 116 valence electrons. The summed E-state index contributed by atoms with van der Waals surface area (Å²) in [7, 11) is 0. The zero-order valence-corrected chi connectivity index (χ0v) is 12.3. The van der Waals surface area contributed by atoms with Crippen LogP contribution in [0.15, 0.2) is 36.2 Å². The van der Waals surface area contributed by atoms with Gasteiger partial charge in [-0.05, 0) is 37.5 Å². The highest BCUT2D eigenvalue weighted by Crippen LogP contribution is 2.23. The lowest BCUT2D eigenvalue weighted by Crippen LogP contribution is -2.30. The van der Waals surface area contributed by atoms with Crippen LogP contribution in [0.1, 0.15) is 46.4 Å². The van der Waals surface area contributed by atoms with Gasteiger partial charge in [-0.3, -0.25) is 14.5 Å². The zero-order valence-electron chi connectivity index (χ0n) is 12.3. The Morgan fingerprint density at radius 2 is 1.91 bits per heavy atom. The lowest BCUT2D eigenvalue weighted by Gasteiger charge is -2.21. The second-order valence-electron chi connectivity index (χ2n) is 5.61. The SMILES string of the molecule is O=C1c2ccccc2C(=O)N1C/C=C(/F)CC1CCCCO1. The minimum Gasteiger partial charge on any atom is -0.378 e. The number of amides is 2. The van der Waals surface area contributed by atoms with Crippen molar-refractivity contribution >= 4 is 11.8 Å². The summed E-state index contributed by atoms with van der Waals surface area (Å²) in [6, 6.07) is 6.66. The van der Waals surface area contributed by atoms with E-state index in [4.69, 9.17) is 4.74 Å². The Labute approximate surface area is 128 Å². The molecule has 2 heterocycles. The number of halogens is 1. The summed E-state index contributed by atoms with van der Waals surface area (Å²) in [5, 5.41) is 0. The van der Waals surface area contributed by atoms with Crippen LogP contribution < -0.4 is 0 Å². The number of rotatable bonds is 4. The van der Waals surface area contributed by atoms with Gasteiger partial charge in [0.1, 0.15) is 5.83 Å². The first-order valence-corrected chi connectivity index (χ1v) is 7.58. The van der Waals surface area contributed by atoms with Gasteiger partial charge in [-0.2, -0.15) is 0 Å². The first-order chi connectivity index (χ1) is 10.7. The molecule has 2 amide bonds. The highest BCUT2D eigenvalue weighted by Gasteiger charge is 2.34. The normalized spacial score (nSPS) is 22.1. The van der Waals surface area contributed by atoms with E-state index in [-0.39, 0.29) is 36.7 Å². The molecular formula is C17H18FNO3. The van der Waals surface area contributed by atoms with Gasteiger partial charge in [0.05, 0.1) is 23.8 Å². The molecule has 1 saturated heterocycles. The van der Waals surface area contributed by atoms with Gasteiger partial charge in [0.15, 0.2) is 0 Å². The van der Waals surface area contributed by atoms with Crippen molar-refractivity contribution in [2.45, 2.75) is 31.8 Å². The number of carbonyl (C=O) groups is 2. The Bertz CT molecular complexity index is 585. The van der Waals surface area contributed by atoms with Crippen LogP contribution in [0.25, 0.3) is 0 Å². The third kappa shape index (κ3) is 2.95. The number of hydrogen-bond acceptors (Lipinski definition) is 3. The number of imide groups is 1. The Hall–Kier alpha value is -2.01. The highest BCUT2D eigenvalue weighted by molar-refractivity contribution is 6.21. The van der Waals surface area contributed by atoms with Crippen molar-refractivity contribution in [3.63, 3.8) is 0 Å². The van der Waals surface area contributed by atoms with Crippen LogP contribution in [0.5, 0.6) is 0 Å². The third-order valence-corrected chi connectivity index (χ3v) is 4.07. The molecule has 2 aliphatic rings. The van der Waals surface area contributed by atoms with Gasteiger partial charge < -0.3 is 4.74 Å². The van der Waals surface area contributed by atoms with Gasteiger partial charge in [0, 0.05) is 13.0 Å². The zero-order chi connectivity index (χ0) is 15.5. The molecule has 0 N–H and O–H groups in total. The molecule has 1 aromatic rings. The topological polar surface area (TPSA) is 46.6 Å². The average molecular weight is 303 g/mol. The Kier molecular flexibility index (Phi) is 4.34. The fraction of sp³-hybridized carbons (Fsp3) is 0.412. The van der Waals surface area contributed by atoms with Crippen molar-refractivity contribution in [2.75, 3.05) is 13.2 Å². The van der Waals surface area contributed by atoms with Crippen LogP contribution in [0, 0.1) is 0 Å². The van der Waals surface area contributed by atoms with Gasteiger partial charge in [-0.1, -0.05) is 12.1 Å². The van der Waals surface area contributed by atoms with Crippen LogP contribution in [0.2, 0.25) is 0 Å². The molecule has 0 bridgehead atoms. The minimum absolute atomic E-state index is 0.0368. The summed E-state index contributed by atoms with van der Waals surface area (Å²) in [5.41, 5.74) is 0.772. The number of hydrogen-bond donors (Lipinski definition) is 0. The Morgan fingerprint density at radius 3 is 2.50 bits per heavy atom. The predicted octanol–water partition coefficient (Wildman–Crippen LogP) is 3.10. The summed E-state index contributed by atoms with van der Waals surface area (Å²) >= 11 is 0. The van der Waals surface area contributed by atoms with Gasteiger partial charge in [-0.25, -0.2) is 4.39 Å². The van der Waals surface area contributed by atoms with Crippen LogP contribution in [0.3, 0.4) is 0 Å². The summed E-state index contributed by atoms with van der Waals surface area (Å²) in [6.07, 6.45) is 4.36. The number of carbonyl (C=O) groups excluding carboxylic acids is 2. The molecule has 0 saturated carbocycles. The molecule has 5 heteroatoms. The Balaban J connectivity index is 1.63. The largest absolute Gasteiger partial charge is 0.378 e. The lowest BCUT2D eigenvalue weighted by atomic mass is 10.1. The van der Waals surface area contributed by atoms with Crippen LogP contribution in [-0.2, 0) is 4.74 Å². The van der Waals surface area contributed by atoms with E-state index in [1.54, 1.807) is 24.3 Å². The monoisotopic (exact) mass is 303 g/mol. The minimum atomic E-state index is -0.362. The van der Waals surface area contributed by atoms with E-state index in [2.05, 4.69) is 0 Å². The van der Waals surface area contributed by atoms with Gasteiger partial charge >= 0.3 is 0 Å². The molecule has 0 radical (unpaired) electrons. The van der Waals surface area contributed by atoms with E-state index in [1.807, 2.05) is 0 Å². The van der Waals surface area contributed by atoms with Crippen LogP contribution in [-0.4, -0.2) is 36.0 Å². The first kappa shape index (κ1) is 14.9. The van der Waals surface area contributed by atoms with E-state index in [1.165, 1.54) is 6.08 Å². The maximum Gasteiger partial charge on any atom is 0.261 e. The lowest BCUT2D eigenvalue weighted by molar-refractivity contribution is 0.0138. The Morgan fingerprint density at radius 1 is 1.23 bits per heavy atom. The van der Waals surface area contributed by atoms with Crippen LogP contribution >= 0.6 is 0 Å². The molecular weight excluding hydrogens is 285 g/mol. The van der Waals surface area contributed by atoms with Crippen molar-refractivity contribution in [2.24, 2.45) is 0 Å². The number of nitrogens with zero attached hydrogens (tertiary/aromatic N) is 1. The highest BCUT2D eigenvalue weighted by atomic mass is 19.1. The molecule has 2 aliphatic heterocycles. The molecule has 3 rings (SSSR count). The van der Waals surface area contributed by atoms with Crippen molar-refractivity contribution in [3.8, 4) is 0 Å². The second-order valence-corrected chi connectivity index (χ2v) is 5.61. The van der Waals surface area contributed by atoms with E-state index >= 15 is 0 Å². The molecule has 0 spiro atoms. The summed E-state index contributed by atoms with van der Waals surface area (Å²) in [5.74, 6) is -1.06. The van der Waals surface area contributed by atoms with Crippen molar-refractivity contribution in [1.29, 1.82) is 0 Å². The molecule has 22 heavy (non-hydrogen) atoms.